The average Bonchev–Trinajstić information content (AvgIpc) is 2.64. The maximum Gasteiger partial charge on any atom is 0.341 e. The van der Waals surface area contributed by atoms with Crippen LogP contribution in [-0.4, -0.2) is 12.1 Å². The van der Waals surface area contributed by atoms with E-state index in [9.17, 15) is 9.18 Å². The van der Waals surface area contributed by atoms with E-state index in [0.717, 1.165) is 30.4 Å². The van der Waals surface area contributed by atoms with Gasteiger partial charge in [-0.3, -0.25) is 0 Å². The number of aryl methyl sites for hydroxylation is 2. The molecule has 2 unspecified atom stereocenters. The van der Waals surface area contributed by atoms with E-state index in [4.69, 9.17) is 4.74 Å². The summed E-state index contributed by atoms with van der Waals surface area (Å²) in [5, 5.41) is 0. The number of halogens is 1. The van der Waals surface area contributed by atoms with Crippen LogP contribution in [0.15, 0.2) is 36.4 Å². The summed E-state index contributed by atoms with van der Waals surface area (Å²) in [4.78, 5) is 12.5. The first kappa shape index (κ1) is 18.6. The highest BCUT2D eigenvalue weighted by atomic mass is 19.1. The van der Waals surface area contributed by atoms with Gasteiger partial charge in [-0.15, -0.1) is 0 Å². The molecule has 1 aliphatic rings. The van der Waals surface area contributed by atoms with Crippen molar-refractivity contribution in [3.8, 4) is 0 Å². The molecule has 0 radical (unpaired) electrons. The van der Waals surface area contributed by atoms with Gasteiger partial charge in [0.2, 0.25) is 0 Å². The quantitative estimate of drug-likeness (QED) is 0.630. The number of fused-ring (bicyclic) bond motifs is 1. The molecule has 2 aromatic rings. The van der Waals surface area contributed by atoms with E-state index in [1.165, 1.54) is 5.56 Å². The summed E-state index contributed by atoms with van der Waals surface area (Å²) in [5.74, 6) is -0.855. The molecule has 3 rings (SSSR count). The summed E-state index contributed by atoms with van der Waals surface area (Å²) in [7, 11) is 0. The molecule has 3 heteroatoms. The standard InChI is InChI=1S/C23H27FO2/c1-4-6-16-8-10-17(11-9-16)15(3)20-14-19-13-12-18(7-5-2)22(24)21(19)23(25)26-20/h8-13,15,20H,4-7,14H2,1-3H3. The minimum atomic E-state index is -0.527. The van der Waals surface area contributed by atoms with Gasteiger partial charge in [0.15, 0.2) is 0 Å². The minimum absolute atomic E-state index is 0.0705. The zero-order chi connectivity index (χ0) is 18.7. The van der Waals surface area contributed by atoms with Gasteiger partial charge in [0.25, 0.3) is 0 Å². The van der Waals surface area contributed by atoms with Crippen LogP contribution in [-0.2, 0) is 24.0 Å². The predicted molar refractivity (Wildman–Crippen MR) is 102 cm³/mol. The van der Waals surface area contributed by atoms with Gasteiger partial charge < -0.3 is 4.74 Å². The van der Waals surface area contributed by atoms with Crippen LogP contribution >= 0.6 is 0 Å². The van der Waals surface area contributed by atoms with E-state index >= 15 is 0 Å². The lowest BCUT2D eigenvalue weighted by molar-refractivity contribution is 0.0193. The van der Waals surface area contributed by atoms with Crippen molar-refractivity contribution < 1.29 is 13.9 Å². The van der Waals surface area contributed by atoms with Gasteiger partial charge in [0, 0.05) is 12.3 Å². The normalized spacial score (nSPS) is 17.5. The molecule has 1 aliphatic heterocycles. The highest BCUT2D eigenvalue weighted by molar-refractivity contribution is 5.93. The Morgan fingerprint density at radius 2 is 1.77 bits per heavy atom. The summed E-state index contributed by atoms with van der Waals surface area (Å²) in [6.07, 6.45) is 3.97. The molecule has 0 bridgehead atoms. The van der Waals surface area contributed by atoms with Crippen molar-refractivity contribution in [1.82, 2.24) is 0 Å². The summed E-state index contributed by atoms with van der Waals surface area (Å²) in [5.41, 5.74) is 3.96. The first-order chi connectivity index (χ1) is 12.5. The SMILES string of the molecule is CCCc1ccc(C(C)C2Cc3ccc(CCC)c(F)c3C(=O)O2)cc1. The Morgan fingerprint density at radius 3 is 2.42 bits per heavy atom. The minimum Gasteiger partial charge on any atom is -0.458 e. The monoisotopic (exact) mass is 354 g/mol. The van der Waals surface area contributed by atoms with E-state index in [1.807, 2.05) is 19.1 Å². The first-order valence-electron chi connectivity index (χ1n) is 9.65. The zero-order valence-electron chi connectivity index (χ0n) is 15.8. The Bertz CT molecular complexity index is 780. The number of esters is 1. The molecule has 2 nitrogen and oxygen atoms in total. The summed E-state index contributed by atoms with van der Waals surface area (Å²) < 4.78 is 20.3. The van der Waals surface area contributed by atoms with Gasteiger partial charge in [0.1, 0.15) is 11.9 Å². The molecule has 2 atom stereocenters. The van der Waals surface area contributed by atoms with Crippen molar-refractivity contribution in [3.63, 3.8) is 0 Å². The molecular formula is C23H27FO2. The van der Waals surface area contributed by atoms with Gasteiger partial charge in [-0.2, -0.15) is 0 Å². The number of benzene rings is 2. The zero-order valence-corrected chi connectivity index (χ0v) is 15.8. The Hall–Kier alpha value is -2.16. The van der Waals surface area contributed by atoms with Gasteiger partial charge in [0.05, 0.1) is 5.56 Å². The molecular weight excluding hydrogens is 327 g/mol. The van der Waals surface area contributed by atoms with Crippen molar-refractivity contribution in [3.05, 3.63) is 70.0 Å². The number of ether oxygens (including phenoxy) is 1. The first-order valence-corrected chi connectivity index (χ1v) is 9.65. The maximum atomic E-state index is 14.7. The fraction of sp³-hybridized carbons (Fsp3) is 0.435. The van der Waals surface area contributed by atoms with Crippen molar-refractivity contribution in [2.24, 2.45) is 0 Å². The largest absolute Gasteiger partial charge is 0.458 e. The van der Waals surface area contributed by atoms with Crippen LogP contribution in [0.25, 0.3) is 0 Å². The molecule has 1 heterocycles. The van der Waals surface area contributed by atoms with Crippen molar-refractivity contribution in [2.75, 3.05) is 0 Å². The van der Waals surface area contributed by atoms with Gasteiger partial charge >= 0.3 is 5.97 Å². The molecule has 0 amide bonds. The van der Waals surface area contributed by atoms with Crippen molar-refractivity contribution in [2.45, 2.75) is 64.9 Å². The highest BCUT2D eigenvalue weighted by Crippen LogP contribution is 2.32. The highest BCUT2D eigenvalue weighted by Gasteiger charge is 2.33. The van der Waals surface area contributed by atoms with Gasteiger partial charge in [-0.25, -0.2) is 9.18 Å². The lowest BCUT2D eigenvalue weighted by atomic mass is 9.86. The summed E-state index contributed by atoms with van der Waals surface area (Å²) >= 11 is 0. The van der Waals surface area contributed by atoms with Crippen LogP contribution in [0.1, 0.15) is 72.1 Å². The second kappa shape index (κ2) is 8.03. The second-order valence-electron chi connectivity index (χ2n) is 7.25. The number of hydrogen-bond acceptors (Lipinski definition) is 2. The third-order valence-corrected chi connectivity index (χ3v) is 5.31. The molecule has 0 aromatic heterocycles. The van der Waals surface area contributed by atoms with Crippen LogP contribution in [0.2, 0.25) is 0 Å². The van der Waals surface area contributed by atoms with E-state index in [-0.39, 0.29) is 17.6 Å². The second-order valence-corrected chi connectivity index (χ2v) is 7.25. The third-order valence-electron chi connectivity index (χ3n) is 5.31. The molecule has 0 saturated heterocycles. The number of carbonyl (C=O) groups excluding carboxylic acids is 1. The molecule has 0 spiro atoms. The fourth-order valence-corrected chi connectivity index (χ4v) is 3.74. The van der Waals surface area contributed by atoms with Crippen LogP contribution in [0, 0.1) is 5.82 Å². The van der Waals surface area contributed by atoms with Crippen LogP contribution in [0.3, 0.4) is 0 Å². The summed E-state index contributed by atoms with van der Waals surface area (Å²) in [6.45, 7) is 6.24. The number of cyclic esters (lactones) is 1. The third kappa shape index (κ3) is 3.67. The molecule has 0 N–H and O–H groups in total. The topological polar surface area (TPSA) is 26.3 Å². The smallest absolute Gasteiger partial charge is 0.341 e. The predicted octanol–water partition coefficient (Wildman–Crippen LogP) is 5.62. The number of carbonyl (C=O) groups is 1. The average molecular weight is 354 g/mol. The number of hydrogen-bond donors (Lipinski definition) is 0. The van der Waals surface area contributed by atoms with Crippen LogP contribution in [0.5, 0.6) is 0 Å². The fourth-order valence-electron chi connectivity index (χ4n) is 3.74. The lowest BCUT2D eigenvalue weighted by Gasteiger charge is -2.30. The number of rotatable bonds is 6. The van der Waals surface area contributed by atoms with E-state index in [1.54, 1.807) is 0 Å². The van der Waals surface area contributed by atoms with E-state index < -0.39 is 11.8 Å². The van der Waals surface area contributed by atoms with E-state index in [2.05, 4.69) is 38.1 Å². The Morgan fingerprint density at radius 1 is 1.08 bits per heavy atom. The molecule has 0 aliphatic carbocycles. The van der Waals surface area contributed by atoms with Gasteiger partial charge in [-0.1, -0.05) is 70.0 Å². The van der Waals surface area contributed by atoms with Crippen LogP contribution in [0.4, 0.5) is 4.39 Å². The maximum absolute atomic E-state index is 14.7. The van der Waals surface area contributed by atoms with Gasteiger partial charge in [-0.05, 0) is 35.1 Å². The summed E-state index contributed by atoms with van der Waals surface area (Å²) in [6, 6.07) is 12.2. The van der Waals surface area contributed by atoms with E-state index in [0.29, 0.717) is 18.4 Å². The molecule has 26 heavy (non-hydrogen) atoms. The molecule has 138 valence electrons. The molecule has 2 aromatic carbocycles. The Kier molecular flexibility index (Phi) is 5.75. The molecule has 0 fully saturated rings. The van der Waals surface area contributed by atoms with Crippen molar-refractivity contribution in [1.29, 1.82) is 0 Å². The van der Waals surface area contributed by atoms with Crippen LogP contribution < -0.4 is 0 Å². The molecule has 0 saturated carbocycles. The Balaban J connectivity index is 1.82. The Labute approximate surface area is 155 Å². The van der Waals surface area contributed by atoms with Crippen molar-refractivity contribution >= 4 is 5.97 Å². The lowest BCUT2D eigenvalue weighted by Crippen LogP contribution is -2.32.